The van der Waals surface area contributed by atoms with Gasteiger partial charge in [-0.2, -0.15) is 0 Å². The molecule has 0 saturated carbocycles. The number of morpholine rings is 1. The van der Waals surface area contributed by atoms with Crippen LogP contribution in [0.5, 0.6) is 5.75 Å². The summed E-state index contributed by atoms with van der Waals surface area (Å²) in [7, 11) is 1.64. The third kappa shape index (κ3) is 2.48. The molecule has 4 nitrogen and oxygen atoms in total. The van der Waals surface area contributed by atoms with Crippen molar-refractivity contribution >= 4 is 5.91 Å². The number of carbonyl (C=O) groups is 1. The lowest BCUT2D eigenvalue weighted by Crippen LogP contribution is -2.41. The molecular formula is C14H19NO3. The molecule has 1 fully saturated rings. The van der Waals surface area contributed by atoms with E-state index in [0.29, 0.717) is 26.3 Å². The first kappa shape index (κ1) is 12.9. The molecule has 1 aromatic carbocycles. The minimum atomic E-state index is 0.0778. The van der Waals surface area contributed by atoms with Gasteiger partial charge < -0.3 is 14.4 Å². The molecule has 1 aliphatic heterocycles. The Morgan fingerprint density at radius 1 is 1.39 bits per heavy atom. The molecule has 0 aromatic heterocycles. The quantitative estimate of drug-likeness (QED) is 0.819. The van der Waals surface area contributed by atoms with Crippen molar-refractivity contribution < 1.29 is 14.3 Å². The highest BCUT2D eigenvalue weighted by Crippen LogP contribution is 2.24. The average molecular weight is 249 g/mol. The van der Waals surface area contributed by atoms with Crippen LogP contribution in [-0.4, -0.2) is 44.2 Å². The van der Waals surface area contributed by atoms with Crippen LogP contribution in [0.15, 0.2) is 18.2 Å². The maximum atomic E-state index is 12.5. The van der Waals surface area contributed by atoms with E-state index >= 15 is 0 Å². The highest BCUT2D eigenvalue weighted by Gasteiger charge is 2.21. The molecule has 18 heavy (non-hydrogen) atoms. The van der Waals surface area contributed by atoms with E-state index < -0.39 is 0 Å². The Hall–Kier alpha value is -1.55. The Labute approximate surface area is 107 Å². The van der Waals surface area contributed by atoms with Crippen LogP contribution in [-0.2, 0) is 11.2 Å². The summed E-state index contributed by atoms with van der Waals surface area (Å²) in [6.45, 7) is 4.61. The van der Waals surface area contributed by atoms with Gasteiger partial charge in [-0.25, -0.2) is 0 Å². The van der Waals surface area contributed by atoms with Gasteiger partial charge in [0.25, 0.3) is 5.91 Å². The van der Waals surface area contributed by atoms with Crippen molar-refractivity contribution in [1.82, 2.24) is 4.90 Å². The molecule has 1 amide bonds. The summed E-state index contributed by atoms with van der Waals surface area (Å²) in [5.74, 6) is 0.866. The van der Waals surface area contributed by atoms with E-state index in [2.05, 4.69) is 0 Å². The smallest absolute Gasteiger partial charge is 0.254 e. The fourth-order valence-electron chi connectivity index (χ4n) is 2.26. The van der Waals surface area contributed by atoms with Gasteiger partial charge in [0.15, 0.2) is 0 Å². The zero-order chi connectivity index (χ0) is 13.0. The maximum Gasteiger partial charge on any atom is 0.254 e. The minimum Gasteiger partial charge on any atom is -0.496 e. The van der Waals surface area contributed by atoms with Crippen molar-refractivity contribution in [3.05, 3.63) is 29.3 Å². The summed E-state index contributed by atoms with van der Waals surface area (Å²) in [6.07, 6.45) is 0.787. The van der Waals surface area contributed by atoms with Crippen LogP contribution in [0, 0.1) is 0 Å². The van der Waals surface area contributed by atoms with E-state index in [-0.39, 0.29) is 5.91 Å². The number of amides is 1. The fraction of sp³-hybridized carbons (Fsp3) is 0.500. The van der Waals surface area contributed by atoms with Gasteiger partial charge >= 0.3 is 0 Å². The van der Waals surface area contributed by atoms with Gasteiger partial charge in [0.1, 0.15) is 5.75 Å². The Balaban J connectivity index is 2.28. The van der Waals surface area contributed by atoms with E-state index in [1.165, 1.54) is 0 Å². The number of benzene rings is 1. The summed E-state index contributed by atoms with van der Waals surface area (Å²) < 4.78 is 10.6. The molecule has 0 unspecified atom stereocenters. The zero-order valence-electron chi connectivity index (χ0n) is 10.9. The molecule has 0 radical (unpaired) electrons. The van der Waals surface area contributed by atoms with Gasteiger partial charge in [-0.1, -0.05) is 13.0 Å². The highest BCUT2D eigenvalue weighted by atomic mass is 16.5. The van der Waals surface area contributed by atoms with Gasteiger partial charge in [0, 0.05) is 24.2 Å². The van der Waals surface area contributed by atoms with Crippen LogP contribution in [0.25, 0.3) is 0 Å². The fourth-order valence-corrected chi connectivity index (χ4v) is 2.26. The van der Waals surface area contributed by atoms with Gasteiger partial charge in [0.05, 0.1) is 20.3 Å². The van der Waals surface area contributed by atoms with Crippen molar-refractivity contribution in [3.63, 3.8) is 0 Å². The Bertz CT molecular complexity index is 425. The van der Waals surface area contributed by atoms with Crippen LogP contribution in [0.1, 0.15) is 22.8 Å². The largest absolute Gasteiger partial charge is 0.496 e. The van der Waals surface area contributed by atoms with Gasteiger partial charge in [-0.15, -0.1) is 0 Å². The minimum absolute atomic E-state index is 0.0778. The number of rotatable bonds is 3. The summed E-state index contributed by atoms with van der Waals surface area (Å²) in [5, 5.41) is 0. The van der Waals surface area contributed by atoms with Gasteiger partial charge in [0.2, 0.25) is 0 Å². The molecule has 98 valence electrons. The predicted octanol–water partition coefficient (Wildman–Crippen LogP) is 1.73. The number of methoxy groups -OCH3 is 1. The standard InChI is InChI=1S/C14H19NO3/c1-3-11-12(5-4-6-13(11)17-2)14(16)15-7-9-18-10-8-15/h4-6H,3,7-10H2,1-2H3. The average Bonchev–Trinajstić information content (AvgIpc) is 2.46. The molecule has 0 aliphatic carbocycles. The molecule has 2 rings (SSSR count). The Kier molecular flexibility index (Phi) is 4.20. The van der Waals surface area contributed by atoms with E-state index in [0.717, 1.165) is 23.3 Å². The van der Waals surface area contributed by atoms with Crippen molar-refractivity contribution in [3.8, 4) is 5.75 Å². The van der Waals surface area contributed by atoms with Crippen molar-refractivity contribution in [2.45, 2.75) is 13.3 Å². The second-order valence-electron chi connectivity index (χ2n) is 4.24. The monoisotopic (exact) mass is 249 g/mol. The molecule has 0 spiro atoms. The third-order valence-corrected chi connectivity index (χ3v) is 3.24. The van der Waals surface area contributed by atoms with Crippen LogP contribution in [0.4, 0.5) is 0 Å². The van der Waals surface area contributed by atoms with Crippen LogP contribution in [0.2, 0.25) is 0 Å². The number of nitrogens with zero attached hydrogens (tertiary/aromatic N) is 1. The van der Waals surface area contributed by atoms with Crippen LogP contribution >= 0.6 is 0 Å². The predicted molar refractivity (Wildman–Crippen MR) is 69.1 cm³/mol. The molecule has 0 atom stereocenters. The number of hydrogen-bond donors (Lipinski definition) is 0. The molecule has 1 saturated heterocycles. The third-order valence-electron chi connectivity index (χ3n) is 3.24. The summed E-state index contributed by atoms with van der Waals surface area (Å²) in [5.41, 5.74) is 1.73. The normalized spacial score (nSPS) is 15.6. The topological polar surface area (TPSA) is 38.8 Å². The summed E-state index contributed by atoms with van der Waals surface area (Å²) >= 11 is 0. The highest BCUT2D eigenvalue weighted by molar-refractivity contribution is 5.96. The van der Waals surface area contributed by atoms with Crippen molar-refractivity contribution in [2.75, 3.05) is 33.4 Å². The summed E-state index contributed by atoms with van der Waals surface area (Å²) in [4.78, 5) is 14.3. The lowest BCUT2D eigenvalue weighted by molar-refractivity contribution is 0.0302. The SMILES string of the molecule is CCc1c(OC)cccc1C(=O)N1CCOCC1. The van der Waals surface area contributed by atoms with Gasteiger partial charge in [-0.3, -0.25) is 4.79 Å². The van der Waals surface area contributed by atoms with Crippen molar-refractivity contribution in [1.29, 1.82) is 0 Å². The number of hydrogen-bond acceptors (Lipinski definition) is 3. The van der Waals surface area contributed by atoms with Crippen molar-refractivity contribution in [2.24, 2.45) is 0 Å². The van der Waals surface area contributed by atoms with E-state index in [9.17, 15) is 4.79 Å². The molecule has 0 N–H and O–H groups in total. The van der Waals surface area contributed by atoms with E-state index in [1.807, 2.05) is 30.0 Å². The Morgan fingerprint density at radius 3 is 2.72 bits per heavy atom. The number of carbonyl (C=O) groups excluding carboxylic acids is 1. The first-order valence-corrected chi connectivity index (χ1v) is 6.30. The first-order chi connectivity index (χ1) is 8.77. The second kappa shape index (κ2) is 5.87. The molecule has 1 aliphatic rings. The first-order valence-electron chi connectivity index (χ1n) is 6.30. The second-order valence-corrected chi connectivity index (χ2v) is 4.24. The zero-order valence-corrected chi connectivity index (χ0v) is 10.9. The lowest BCUT2D eigenvalue weighted by atomic mass is 10.0. The Morgan fingerprint density at radius 2 is 2.11 bits per heavy atom. The molecule has 1 heterocycles. The maximum absolute atomic E-state index is 12.5. The van der Waals surface area contributed by atoms with E-state index in [4.69, 9.17) is 9.47 Å². The molecule has 1 aromatic rings. The lowest BCUT2D eigenvalue weighted by Gasteiger charge is -2.27. The molecule has 0 bridgehead atoms. The van der Waals surface area contributed by atoms with Crippen LogP contribution in [0.3, 0.4) is 0 Å². The summed E-state index contributed by atoms with van der Waals surface area (Å²) in [6, 6.07) is 5.64. The molecule has 4 heteroatoms. The molecular weight excluding hydrogens is 230 g/mol. The van der Waals surface area contributed by atoms with Gasteiger partial charge in [-0.05, 0) is 18.6 Å². The van der Waals surface area contributed by atoms with E-state index in [1.54, 1.807) is 7.11 Å². The number of ether oxygens (including phenoxy) is 2. The van der Waals surface area contributed by atoms with Crippen LogP contribution < -0.4 is 4.74 Å².